The summed E-state index contributed by atoms with van der Waals surface area (Å²) in [5, 5.41) is 0.231. The molecular formula is C12H13ClN2O5. The Bertz CT molecular complexity index is 485. The van der Waals surface area contributed by atoms with Gasteiger partial charge in [-0.05, 0) is 12.1 Å². The summed E-state index contributed by atoms with van der Waals surface area (Å²) >= 11 is 5.63. The van der Waals surface area contributed by atoms with Crippen LogP contribution in [-0.4, -0.2) is 55.0 Å². The van der Waals surface area contributed by atoms with Crippen LogP contribution < -0.4 is 0 Å². The average molecular weight is 301 g/mol. The maximum Gasteiger partial charge on any atom is 0.325 e. The highest BCUT2D eigenvalue weighted by molar-refractivity contribution is 6.29. The highest BCUT2D eigenvalue weighted by Gasteiger charge is 2.22. The van der Waals surface area contributed by atoms with Crippen molar-refractivity contribution in [2.24, 2.45) is 0 Å². The normalized spacial score (nSPS) is 9.75. The van der Waals surface area contributed by atoms with Crippen molar-refractivity contribution in [2.45, 2.75) is 0 Å². The third-order valence-electron chi connectivity index (χ3n) is 2.36. The SMILES string of the molecule is COC(=O)CN(CC(=O)OC)C(=O)c1ccc(Cl)nc1. The third-order valence-corrected chi connectivity index (χ3v) is 2.58. The topological polar surface area (TPSA) is 85.8 Å². The number of aromatic nitrogens is 1. The van der Waals surface area contributed by atoms with Gasteiger partial charge in [0.2, 0.25) is 0 Å². The lowest BCUT2D eigenvalue weighted by Gasteiger charge is -2.19. The number of carbonyl (C=O) groups is 3. The van der Waals surface area contributed by atoms with Crippen molar-refractivity contribution in [3.05, 3.63) is 29.0 Å². The lowest BCUT2D eigenvalue weighted by molar-refractivity contribution is -0.144. The highest BCUT2D eigenvalue weighted by atomic mass is 35.5. The number of hydrogen-bond donors (Lipinski definition) is 0. The summed E-state index contributed by atoms with van der Waals surface area (Å²) < 4.78 is 8.96. The fourth-order valence-corrected chi connectivity index (χ4v) is 1.44. The van der Waals surface area contributed by atoms with Gasteiger partial charge in [-0.1, -0.05) is 11.6 Å². The zero-order chi connectivity index (χ0) is 15.1. The number of ether oxygens (including phenoxy) is 2. The van der Waals surface area contributed by atoms with Crippen molar-refractivity contribution in [3.8, 4) is 0 Å². The predicted octanol–water partition coefficient (Wildman–Crippen LogP) is 0.523. The van der Waals surface area contributed by atoms with Crippen LogP contribution in [0.1, 0.15) is 10.4 Å². The molecule has 0 fully saturated rings. The van der Waals surface area contributed by atoms with Gasteiger partial charge in [0, 0.05) is 6.20 Å². The zero-order valence-electron chi connectivity index (χ0n) is 11.0. The molecule has 0 saturated heterocycles. The van der Waals surface area contributed by atoms with Crippen molar-refractivity contribution in [1.29, 1.82) is 0 Å². The molecular weight excluding hydrogens is 288 g/mol. The molecule has 1 aromatic rings. The Balaban J connectivity index is 2.90. The van der Waals surface area contributed by atoms with E-state index in [9.17, 15) is 14.4 Å². The summed E-state index contributed by atoms with van der Waals surface area (Å²) in [6.45, 7) is -0.736. The second-order valence-electron chi connectivity index (χ2n) is 3.68. The van der Waals surface area contributed by atoms with Crippen molar-refractivity contribution < 1.29 is 23.9 Å². The van der Waals surface area contributed by atoms with Crippen LogP contribution >= 0.6 is 11.6 Å². The lowest BCUT2D eigenvalue weighted by Crippen LogP contribution is -2.40. The molecule has 0 saturated carbocycles. The first-order chi connectivity index (χ1) is 9.47. The van der Waals surface area contributed by atoms with Crippen LogP contribution in [-0.2, 0) is 19.1 Å². The van der Waals surface area contributed by atoms with E-state index in [4.69, 9.17) is 11.6 Å². The van der Waals surface area contributed by atoms with Gasteiger partial charge in [0.05, 0.1) is 19.8 Å². The van der Waals surface area contributed by atoms with E-state index >= 15 is 0 Å². The van der Waals surface area contributed by atoms with E-state index in [1.165, 1.54) is 32.5 Å². The van der Waals surface area contributed by atoms with Gasteiger partial charge in [-0.25, -0.2) is 4.98 Å². The molecule has 1 heterocycles. The molecule has 8 heteroatoms. The number of methoxy groups -OCH3 is 2. The average Bonchev–Trinajstić information content (AvgIpc) is 2.46. The number of amides is 1. The minimum absolute atomic E-state index is 0.196. The summed E-state index contributed by atoms with van der Waals surface area (Å²) in [6, 6.07) is 2.88. The first kappa shape index (κ1) is 15.9. The smallest absolute Gasteiger partial charge is 0.325 e. The summed E-state index contributed by atoms with van der Waals surface area (Å²) in [4.78, 5) is 39.5. The summed E-state index contributed by atoms with van der Waals surface area (Å²) in [5.41, 5.74) is 0.196. The van der Waals surface area contributed by atoms with Gasteiger partial charge in [-0.2, -0.15) is 0 Å². The van der Waals surface area contributed by atoms with Crippen LogP contribution in [0, 0.1) is 0 Å². The molecule has 0 aliphatic carbocycles. The van der Waals surface area contributed by atoms with Gasteiger partial charge in [-0.15, -0.1) is 0 Å². The van der Waals surface area contributed by atoms with Crippen molar-refractivity contribution in [1.82, 2.24) is 9.88 Å². The molecule has 0 aromatic carbocycles. The quantitative estimate of drug-likeness (QED) is 0.582. The number of halogens is 1. The molecule has 0 unspecified atom stereocenters. The third kappa shape index (κ3) is 4.51. The molecule has 20 heavy (non-hydrogen) atoms. The van der Waals surface area contributed by atoms with Gasteiger partial charge in [0.25, 0.3) is 5.91 Å². The van der Waals surface area contributed by atoms with Crippen LogP contribution in [0.25, 0.3) is 0 Å². The number of hydrogen-bond acceptors (Lipinski definition) is 6. The maximum atomic E-state index is 12.2. The molecule has 108 valence electrons. The highest BCUT2D eigenvalue weighted by Crippen LogP contribution is 2.08. The molecule has 0 aliphatic rings. The maximum absolute atomic E-state index is 12.2. The van der Waals surface area contributed by atoms with Gasteiger partial charge in [0.1, 0.15) is 18.2 Å². The zero-order valence-corrected chi connectivity index (χ0v) is 11.7. The Kier molecular flexibility index (Phi) is 5.92. The van der Waals surface area contributed by atoms with E-state index in [2.05, 4.69) is 14.5 Å². The summed E-state index contributed by atoms with van der Waals surface area (Å²) in [7, 11) is 2.37. The van der Waals surface area contributed by atoms with E-state index in [1.807, 2.05) is 0 Å². The van der Waals surface area contributed by atoms with Gasteiger partial charge < -0.3 is 14.4 Å². The fraction of sp³-hybridized carbons (Fsp3) is 0.333. The van der Waals surface area contributed by atoms with Gasteiger partial charge >= 0.3 is 11.9 Å². The van der Waals surface area contributed by atoms with E-state index in [-0.39, 0.29) is 23.8 Å². The molecule has 0 aliphatic heterocycles. The number of carbonyl (C=O) groups excluding carboxylic acids is 3. The molecule has 1 aromatic heterocycles. The van der Waals surface area contributed by atoms with Crippen molar-refractivity contribution in [3.63, 3.8) is 0 Å². The largest absolute Gasteiger partial charge is 0.468 e. The molecule has 7 nitrogen and oxygen atoms in total. The van der Waals surface area contributed by atoms with E-state index in [1.54, 1.807) is 0 Å². The first-order valence-corrected chi connectivity index (χ1v) is 5.90. The summed E-state index contributed by atoms with van der Waals surface area (Å²) in [5.74, 6) is -1.85. The number of esters is 2. The van der Waals surface area contributed by atoms with Crippen LogP contribution in [0.5, 0.6) is 0 Å². The van der Waals surface area contributed by atoms with Crippen LogP contribution in [0.15, 0.2) is 18.3 Å². The monoisotopic (exact) mass is 300 g/mol. The minimum Gasteiger partial charge on any atom is -0.468 e. The Labute approximate surface area is 120 Å². The van der Waals surface area contributed by atoms with Gasteiger partial charge in [0.15, 0.2) is 0 Å². The standard InChI is InChI=1S/C12H13ClN2O5/c1-19-10(16)6-15(7-11(17)20-2)12(18)8-3-4-9(13)14-5-8/h3-5H,6-7H2,1-2H3. The second-order valence-corrected chi connectivity index (χ2v) is 4.07. The Morgan fingerprint density at radius 2 is 1.70 bits per heavy atom. The van der Waals surface area contributed by atoms with Crippen molar-refractivity contribution >= 4 is 29.4 Å². The van der Waals surface area contributed by atoms with Crippen LogP contribution in [0.4, 0.5) is 0 Å². The van der Waals surface area contributed by atoms with E-state index < -0.39 is 17.8 Å². The number of pyridine rings is 1. The molecule has 0 bridgehead atoms. The Morgan fingerprint density at radius 1 is 1.15 bits per heavy atom. The molecule has 0 spiro atoms. The predicted molar refractivity (Wildman–Crippen MR) is 69.2 cm³/mol. The van der Waals surface area contributed by atoms with E-state index in [0.29, 0.717) is 0 Å². The van der Waals surface area contributed by atoms with Crippen LogP contribution in [0.2, 0.25) is 5.15 Å². The lowest BCUT2D eigenvalue weighted by atomic mass is 10.2. The molecule has 0 radical (unpaired) electrons. The molecule has 0 N–H and O–H groups in total. The first-order valence-electron chi connectivity index (χ1n) is 5.52. The minimum atomic E-state index is -0.649. The van der Waals surface area contributed by atoms with E-state index in [0.717, 1.165) is 4.90 Å². The molecule has 1 amide bonds. The molecule has 1 rings (SSSR count). The second kappa shape index (κ2) is 7.44. The summed E-state index contributed by atoms with van der Waals surface area (Å²) in [6.07, 6.45) is 1.26. The Morgan fingerprint density at radius 3 is 2.10 bits per heavy atom. The van der Waals surface area contributed by atoms with Crippen LogP contribution in [0.3, 0.4) is 0 Å². The van der Waals surface area contributed by atoms with Gasteiger partial charge in [-0.3, -0.25) is 14.4 Å². The molecule has 0 atom stereocenters. The Hall–Kier alpha value is -2.15. The number of nitrogens with zero attached hydrogens (tertiary/aromatic N) is 2. The van der Waals surface area contributed by atoms with Crippen molar-refractivity contribution in [2.75, 3.05) is 27.3 Å². The number of rotatable bonds is 5. The fourth-order valence-electron chi connectivity index (χ4n) is 1.33.